The molecule has 0 atom stereocenters. The molecule has 2 heteroatoms. The molecule has 0 saturated heterocycles. The van der Waals surface area contributed by atoms with E-state index in [-0.39, 0.29) is 0 Å². The largest absolute Gasteiger partial charge is 0.228 e. The van der Waals surface area contributed by atoms with Gasteiger partial charge in [0.15, 0.2) is 5.82 Å². The van der Waals surface area contributed by atoms with E-state index in [2.05, 4.69) is 188 Å². The molecule has 0 aliphatic rings. The minimum Gasteiger partial charge on any atom is -0.228 e. The molecule has 0 amide bonds. The molecule has 0 radical (unpaired) electrons. The predicted molar refractivity (Wildman–Crippen MR) is 238 cm³/mol. The van der Waals surface area contributed by atoms with Gasteiger partial charge in [-0.1, -0.05) is 170 Å². The van der Waals surface area contributed by atoms with Crippen molar-refractivity contribution in [3.8, 4) is 45.0 Å². The molecule has 0 fully saturated rings. The summed E-state index contributed by atoms with van der Waals surface area (Å²) in [4.78, 5) is 10.7. The van der Waals surface area contributed by atoms with Gasteiger partial charge in [0.2, 0.25) is 0 Å². The van der Waals surface area contributed by atoms with E-state index in [1.165, 1.54) is 75.4 Å². The molecular weight excluding hydrogens is 677 g/mol. The molecule has 0 unspecified atom stereocenters. The van der Waals surface area contributed by atoms with E-state index >= 15 is 0 Å². The summed E-state index contributed by atoms with van der Waals surface area (Å²) in [5.74, 6) is 0.704. The van der Waals surface area contributed by atoms with E-state index < -0.39 is 0 Å². The average Bonchev–Trinajstić information content (AvgIpc) is 3.27. The summed E-state index contributed by atoms with van der Waals surface area (Å²) in [6.07, 6.45) is 0. The number of fused-ring (bicyclic) bond motifs is 3. The molecule has 1 aromatic heterocycles. The molecule has 11 aromatic carbocycles. The van der Waals surface area contributed by atoms with Crippen LogP contribution in [-0.2, 0) is 0 Å². The van der Waals surface area contributed by atoms with Crippen molar-refractivity contribution < 1.29 is 0 Å². The van der Waals surface area contributed by atoms with Gasteiger partial charge in [-0.05, 0) is 111 Å². The van der Waals surface area contributed by atoms with Gasteiger partial charge in [-0.25, -0.2) is 9.97 Å². The maximum absolute atomic E-state index is 5.36. The number of rotatable bonds is 4. The van der Waals surface area contributed by atoms with E-state index in [0.717, 1.165) is 39.2 Å². The van der Waals surface area contributed by atoms with Crippen LogP contribution in [0.25, 0.3) is 120 Å². The Kier molecular flexibility index (Phi) is 6.66. The standard InChI is InChI=1S/C54H32N2/c1-2-12-37(13-3-1)54-55-48(32-49(56-54)43-19-7-6-18-42(43)39-27-23-33-11-4-5-14-38(33)29-39)41-30-40-28-26-36-16-9-21-45-44-20-8-15-34-24-25-35-17-10-22-46(52(35)50(34)44)47(31-41)53(40)51(36)45/h1-32H. The van der Waals surface area contributed by atoms with Crippen LogP contribution in [0, 0.1) is 0 Å². The molecule has 2 nitrogen and oxygen atoms in total. The lowest BCUT2D eigenvalue weighted by atomic mass is 9.87. The Morgan fingerprint density at radius 3 is 1.45 bits per heavy atom. The smallest absolute Gasteiger partial charge is 0.160 e. The SMILES string of the molecule is c1ccc(-c2nc(-c3cc4ccc5cccc6c7cccc8ccc9cccc(c(c3)c4c56)c9c87)cc(-c3ccccc3-c3ccc4ccccc4c3)n2)cc1. The first-order valence-corrected chi connectivity index (χ1v) is 19.2. The number of aromatic nitrogens is 2. The van der Waals surface area contributed by atoms with Gasteiger partial charge in [0.05, 0.1) is 11.4 Å². The second-order valence-corrected chi connectivity index (χ2v) is 14.9. The van der Waals surface area contributed by atoms with Crippen LogP contribution in [0.3, 0.4) is 0 Å². The quantitative estimate of drug-likeness (QED) is 0.170. The van der Waals surface area contributed by atoms with Gasteiger partial charge in [0, 0.05) is 16.7 Å². The van der Waals surface area contributed by atoms with E-state index in [9.17, 15) is 0 Å². The topological polar surface area (TPSA) is 25.8 Å². The number of benzene rings is 10. The van der Waals surface area contributed by atoms with Gasteiger partial charge in [-0.3, -0.25) is 0 Å². The van der Waals surface area contributed by atoms with Crippen LogP contribution in [-0.4, -0.2) is 9.97 Å². The van der Waals surface area contributed by atoms with Crippen LogP contribution >= 0.6 is 0 Å². The lowest BCUT2D eigenvalue weighted by Gasteiger charge is -2.17. The summed E-state index contributed by atoms with van der Waals surface area (Å²) >= 11 is 0. The Balaban J connectivity index is 1.18. The highest BCUT2D eigenvalue weighted by Gasteiger charge is 2.19. The second-order valence-electron chi connectivity index (χ2n) is 14.9. The summed E-state index contributed by atoms with van der Waals surface area (Å²) in [6.45, 7) is 0. The Morgan fingerprint density at radius 1 is 0.250 bits per heavy atom. The van der Waals surface area contributed by atoms with Gasteiger partial charge in [-0.2, -0.15) is 0 Å². The maximum Gasteiger partial charge on any atom is 0.160 e. The second kappa shape index (κ2) is 12.0. The van der Waals surface area contributed by atoms with Crippen molar-refractivity contribution in [3.63, 3.8) is 0 Å². The molecule has 1 heterocycles. The Bertz CT molecular complexity index is 3520. The van der Waals surface area contributed by atoms with Crippen molar-refractivity contribution >= 4 is 75.4 Å². The number of hydrogen-bond donors (Lipinski definition) is 0. The summed E-state index contributed by atoms with van der Waals surface area (Å²) in [7, 11) is 0. The first-order chi connectivity index (χ1) is 27.7. The average molecular weight is 709 g/mol. The molecule has 0 aliphatic carbocycles. The molecule has 0 spiro atoms. The van der Waals surface area contributed by atoms with Crippen molar-refractivity contribution in [1.29, 1.82) is 0 Å². The number of nitrogens with zero attached hydrogens (tertiary/aromatic N) is 2. The van der Waals surface area contributed by atoms with Gasteiger partial charge < -0.3 is 0 Å². The van der Waals surface area contributed by atoms with Crippen LogP contribution in [0.4, 0.5) is 0 Å². The third-order valence-electron chi connectivity index (χ3n) is 11.7. The van der Waals surface area contributed by atoms with Crippen molar-refractivity contribution in [1.82, 2.24) is 9.97 Å². The van der Waals surface area contributed by atoms with Gasteiger partial charge >= 0.3 is 0 Å². The molecule has 0 N–H and O–H groups in total. The zero-order chi connectivity index (χ0) is 36.7. The third kappa shape index (κ3) is 4.69. The van der Waals surface area contributed by atoms with Gasteiger partial charge in [-0.15, -0.1) is 0 Å². The molecule has 12 rings (SSSR count). The summed E-state index contributed by atoms with van der Waals surface area (Å²) in [5.41, 5.74) is 7.20. The minimum absolute atomic E-state index is 0.704. The number of hydrogen-bond acceptors (Lipinski definition) is 2. The van der Waals surface area contributed by atoms with Crippen LogP contribution in [0.2, 0.25) is 0 Å². The lowest BCUT2D eigenvalue weighted by Crippen LogP contribution is -1.97. The molecular formula is C54H32N2. The first-order valence-electron chi connectivity index (χ1n) is 19.2. The molecule has 0 aliphatic heterocycles. The molecule has 56 heavy (non-hydrogen) atoms. The van der Waals surface area contributed by atoms with Crippen LogP contribution in [0.15, 0.2) is 194 Å². The van der Waals surface area contributed by atoms with Crippen LogP contribution < -0.4 is 0 Å². The first kappa shape index (κ1) is 31.0. The van der Waals surface area contributed by atoms with Crippen molar-refractivity contribution in [2.75, 3.05) is 0 Å². The van der Waals surface area contributed by atoms with Crippen molar-refractivity contribution in [3.05, 3.63) is 194 Å². The third-order valence-corrected chi connectivity index (χ3v) is 11.7. The summed E-state index contributed by atoms with van der Waals surface area (Å²) in [6, 6.07) is 70.5. The lowest BCUT2D eigenvalue weighted by molar-refractivity contribution is 1.18. The monoisotopic (exact) mass is 708 g/mol. The van der Waals surface area contributed by atoms with Crippen LogP contribution in [0.5, 0.6) is 0 Å². The zero-order valence-corrected chi connectivity index (χ0v) is 30.4. The minimum atomic E-state index is 0.704. The highest BCUT2D eigenvalue weighted by molar-refractivity contribution is 6.37. The van der Waals surface area contributed by atoms with E-state index in [1.807, 2.05) is 6.07 Å². The Labute approximate surface area is 323 Å². The normalized spacial score (nSPS) is 11.9. The molecule has 12 aromatic rings. The van der Waals surface area contributed by atoms with E-state index in [4.69, 9.17) is 9.97 Å². The van der Waals surface area contributed by atoms with Gasteiger partial charge in [0.1, 0.15) is 0 Å². The predicted octanol–water partition coefficient (Wildman–Crippen LogP) is 14.7. The molecule has 0 saturated carbocycles. The highest BCUT2D eigenvalue weighted by Crippen LogP contribution is 2.45. The van der Waals surface area contributed by atoms with Crippen molar-refractivity contribution in [2.24, 2.45) is 0 Å². The maximum atomic E-state index is 5.36. The van der Waals surface area contributed by atoms with Crippen molar-refractivity contribution in [2.45, 2.75) is 0 Å². The Morgan fingerprint density at radius 2 is 0.750 bits per heavy atom. The van der Waals surface area contributed by atoms with E-state index in [1.54, 1.807) is 0 Å². The fourth-order valence-corrected chi connectivity index (χ4v) is 9.20. The molecule has 0 bridgehead atoms. The highest BCUT2D eigenvalue weighted by atomic mass is 14.9. The van der Waals surface area contributed by atoms with E-state index in [0.29, 0.717) is 5.82 Å². The molecule has 258 valence electrons. The fraction of sp³-hybridized carbons (Fsp3) is 0. The Hall–Kier alpha value is -7.42. The van der Waals surface area contributed by atoms with Crippen LogP contribution in [0.1, 0.15) is 0 Å². The fourth-order valence-electron chi connectivity index (χ4n) is 9.20. The zero-order valence-electron chi connectivity index (χ0n) is 30.4. The van der Waals surface area contributed by atoms with Gasteiger partial charge in [0.25, 0.3) is 0 Å². The summed E-state index contributed by atoms with van der Waals surface area (Å²) < 4.78 is 0. The summed E-state index contributed by atoms with van der Waals surface area (Å²) in [5, 5.41) is 17.6.